The molecule has 2 atom stereocenters. The van der Waals surface area contributed by atoms with Crippen LogP contribution in [0.2, 0.25) is 0 Å². The van der Waals surface area contributed by atoms with Gasteiger partial charge >= 0.3 is 0 Å². The quantitative estimate of drug-likeness (QED) is 0.844. The molecule has 1 heterocycles. The fraction of sp³-hybridized carbons (Fsp3) is 0.500. The number of rotatable bonds is 2. The molecule has 4 nitrogen and oxygen atoms in total. The van der Waals surface area contributed by atoms with E-state index in [0.717, 1.165) is 12.3 Å². The number of nitrogens with zero attached hydrogens (tertiary/aromatic N) is 1. The lowest BCUT2D eigenvalue weighted by molar-refractivity contribution is 0.0698. The zero-order valence-electron chi connectivity index (χ0n) is 11.6. The Morgan fingerprint density at radius 3 is 2.89 bits per heavy atom. The van der Waals surface area contributed by atoms with Gasteiger partial charge in [-0.15, -0.1) is 0 Å². The summed E-state index contributed by atoms with van der Waals surface area (Å²) in [5, 5.41) is 0.466. The maximum atomic E-state index is 12.6. The third-order valence-electron chi connectivity index (χ3n) is 3.63. The van der Waals surface area contributed by atoms with E-state index in [2.05, 4.69) is 13.8 Å². The van der Waals surface area contributed by atoms with Crippen molar-refractivity contribution in [2.75, 3.05) is 25.1 Å². The predicted molar refractivity (Wildman–Crippen MR) is 79.8 cm³/mol. The van der Waals surface area contributed by atoms with Crippen LogP contribution in [0.4, 0.5) is 5.69 Å². The van der Waals surface area contributed by atoms with Crippen molar-refractivity contribution in [3.8, 4) is 5.75 Å². The molecule has 19 heavy (non-hydrogen) atoms. The van der Waals surface area contributed by atoms with Crippen molar-refractivity contribution >= 4 is 23.4 Å². The maximum absolute atomic E-state index is 12.6. The molecule has 2 rings (SSSR count). The van der Waals surface area contributed by atoms with Gasteiger partial charge in [-0.1, -0.05) is 6.92 Å². The minimum absolute atomic E-state index is 0.0537. The number of methoxy groups -OCH3 is 1. The van der Waals surface area contributed by atoms with Crippen LogP contribution in [0.15, 0.2) is 18.2 Å². The summed E-state index contributed by atoms with van der Waals surface area (Å²) in [4.78, 5) is 14.5. The zero-order chi connectivity index (χ0) is 14.0. The molecule has 1 fully saturated rings. The predicted octanol–water partition coefficient (Wildman–Crippen LogP) is 2.24. The number of ether oxygens (including phenoxy) is 1. The molecule has 1 saturated heterocycles. The van der Waals surface area contributed by atoms with Crippen molar-refractivity contribution in [1.82, 2.24) is 4.90 Å². The van der Waals surface area contributed by atoms with E-state index in [-0.39, 0.29) is 11.9 Å². The smallest absolute Gasteiger partial charge is 0.254 e. The van der Waals surface area contributed by atoms with E-state index >= 15 is 0 Å². The Bertz CT molecular complexity index is 479. The molecular weight excluding hydrogens is 260 g/mol. The van der Waals surface area contributed by atoms with Crippen molar-refractivity contribution < 1.29 is 9.53 Å². The highest BCUT2D eigenvalue weighted by Crippen LogP contribution is 2.28. The van der Waals surface area contributed by atoms with Gasteiger partial charge in [-0.05, 0) is 25.1 Å². The molecule has 0 saturated carbocycles. The Hall–Kier alpha value is -1.36. The molecule has 2 unspecified atom stereocenters. The fourth-order valence-electron chi connectivity index (χ4n) is 2.23. The lowest BCUT2D eigenvalue weighted by atomic mass is 10.1. The Morgan fingerprint density at radius 1 is 1.47 bits per heavy atom. The first-order chi connectivity index (χ1) is 9.04. The number of nitrogens with two attached hydrogens (primary N) is 1. The van der Waals surface area contributed by atoms with Crippen molar-refractivity contribution in [3.63, 3.8) is 0 Å². The molecule has 104 valence electrons. The first-order valence-electron chi connectivity index (χ1n) is 6.40. The SMILES string of the molecule is COc1cc(C(=O)N2CCSC(C)C2C)ccc1N. The molecular formula is C14H20N2O2S. The van der Waals surface area contributed by atoms with Crippen LogP contribution < -0.4 is 10.5 Å². The summed E-state index contributed by atoms with van der Waals surface area (Å²) in [6.07, 6.45) is 0. The van der Waals surface area contributed by atoms with Gasteiger partial charge in [-0.2, -0.15) is 11.8 Å². The summed E-state index contributed by atoms with van der Waals surface area (Å²) in [6.45, 7) is 5.06. The van der Waals surface area contributed by atoms with Gasteiger partial charge in [0.25, 0.3) is 5.91 Å². The number of amides is 1. The summed E-state index contributed by atoms with van der Waals surface area (Å²) < 4.78 is 5.17. The van der Waals surface area contributed by atoms with Crippen molar-refractivity contribution in [3.05, 3.63) is 23.8 Å². The normalized spacial score (nSPS) is 23.2. The van der Waals surface area contributed by atoms with Gasteiger partial charge in [0.15, 0.2) is 0 Å². The van der Waals surface area contributed by atoms with Gasteiger partial charge < -0.3 is 15.4 Å². The van der Waals surface area contributed by atoms with E-state index in [4.69, 9.17) is 10.5 Å². The van der Waals surface area contributed by atoms with E-state index in [0.29, 0.717) is 22.3 Å². The minimum Gasteiger partial charge on any atom is -0.495 e. The number of thioether (sulfide) groups is 1. The Balaban J connectivity index is 2.23. The summed E-state index contributed by atoms with van der Waals surface area (Å²) in [5.41, 5.74) is 6.96. The standard InChI is InChI=1S/C14H20N2O2S/c1-9-10(2)19-7-6-16(9)14(17)11-4-5-12(15)13(8-11)18-3/h4-5,8-10H,6-7,15H2,1-3H3. The van der Waals surface area contributed by atoms with Crippen LogP contribution in [0, 0.1) is 0 Å². The van der Waals surface area contributed by atoms with Crippen molar-refractivity contribution in [2.24, 2.45) is 0 Å². The topological polar surface area (TPSA) is 55.6 Å². The number of nitrogen functional groups attached to an aromatic ring is 1. The molecule has 0 radical (unpaired) electrons. The molecule has 0 aromatic heterocycles. The van der Waals surface area contributed by atoms with Crippen molar-refractivity contribution in [2.45, 2.75) is 25.1 Å². The first-order valence-corrected chi connectivity index (χ1v) is 7.45. The van der Waals surface area contributed by atoms with E-state index in [1.807, 2.05) is 16.7 Å². The van der Waals surface area contributed by atoms with E-state index in [1.165, 1.54) is 0 Å². The Kier molecular flexibility index (Phi) is 4.24. The van der Waals surface area contributed by atoms with Crippen LogP contribution in [-0.4, -0.2) is 41.5 Å². The molecule has 1 aromatic carbocycles. The number of anilines is 1. The third kappa shape index (κ3) is 2.81. The Morgan fingerprint density at radius 2 is 2.21 bits per heavy atom. The number of carbonyl (C=O) groups is 1. The second-order valence-corrected chi connectivity index (χ2v) is 6.26. The van der Waals surface area contributed by atoms with Crippen LogP contribution >= 0.6 is 11.8 Å². The van der Waals surface area contributed by atoms with Gasteiger partial charge in [0.2, 0.25) is 0 Å². The van der Waals surface area contributed by atoms with Gasteiger partial charge in [-0.25, -0.2) is 0 Å². The van der Waals surface area contributed by atoms with Crippen LogP contribution in [0.5, 0.6) is 5.75 Å². The highest BCUT2D eigenvalue weighted by Gasteiger charge is 2.29. The lowest BCUT2D eigenvalue weighted by Gasteiger charge is -2.37. The average molecular weight is 280 g/mol. The molecule has 0 spiro atoms. The molecule has 2 N–H and O–H groups in total. The summed E-state index contributed by atoms with van der Waals surface area (Å²) >= 11 is 1.91. The molecule has 0 aliphatic carbocycles. The van der Waals surface area contributed by atoms with E-state index in [9.17, 15) is 4.79 Å². The maximum Gasteiger partial charge on any atom is 0.254 e. The number of hydrogen-bond acceptors (Lipinski definition) is 4. The van der Waals surface area contributed by atoms with Crippen LogP contribution in [-0.2, 0) is 0 Å². The minimum atomic E-state index is 0.0537. The summed E-state index contributed by atoms with van der Waals surface area (Å²) in [6, 6.07) is 5.45. The molecule has 1 aromatic rings. The van der Waals surface area contributed by atoms with Gasteiger partial charge in [0.05, 0.1) is 12.8 Å². The van der Waals surface area contributed by atoms with Gasteiger partial charge in [0.1, 0.15) is 5.75 Å². The highest BCUT2D eigenvalue weighted by molar-refractivity contribution is 8.00. The summed E-state index contributed by atoms with van der Waals surface area (Å²) in [7, 11) is 1.56. The largest absolute Gasteiger partial charge is 0.495 e. The second kappa shape index (κ2) is 5.74. The van der Waals surface area contributed by atoms with Crippen LogP contribution in [0.3, 0.4) is 0 Å². The van der Waals surface area contributed by atoms with E-state index < -0.39 is 0 Å². The summed E-state index contributed by atoms with van der Waals surface area (Å²) in [5.74, 6) is 1.60. The van der Waals surface area contributed by atoms with Crippen molar-refractivity contribution in [1.29, 1.82) is 0 Å². The molecule has 1 aliphatic heterocycles. The van der Waals surface area contributed by atoms with Gasteiger partial charge in [-0.3, -0.25) is 4.79 Å². The number of hydrogen-bond donors (Lipinski definition) is 1. The van der Waals surface area contributed by atoms with E-state index in [1.54, 1.807) is 25.3 Å². The van der Waals surface area contributed by atoms with Crippen LogP contribution in [0.1, 0.15) is 24.2 Å². The fourth-order valence-corrected chi connectivity index (χ4v) is 3.33. The van der Waals surface area contributed by atoms with Gasteiger partial charge in [0, 0.05) is 29.2 Å². The molecule has 1 aliphatic rings. The third-order valence-corrected chi connectivity index (χ3v) is 4.96. The monoisotopic (exact) mass is 280 g/mol. The highest BCUT2D eigenvalue weighted by atomic mass is 32.2. The first kappa shape index (κ1) is 14.1. The number of carbonyl (C=O) groups excluding carboxylic acids is 1. The molecule has 0 bridgehead atoms. The second-order valence-electron chi connectivity index (χ2n) is 4.77. The Labute approximate surface area is 118 Å². The van der Waals surface area contributed by atoms with Crippen LogP contribution in [0.25, 0.3) is 0 Å². The lowest BCUT2D eigenvalue weighted by Crippen LogP contribution is -2.47. The zero-order valence-corrected chi connectivity index (χ0v) is 12.4. The molecule has 1 amide bonds. The average Bonchev–Trinajstić information content (AvgIpc) is 2.41. The number of benzene rings is 1. The molecule has 5 heteroatoms.